The molecule has 0 aromatic heterocycles. The molecule has 1 nitrogen and oxygen atoms in total. The normalized spacial score (nSPS) is 15.0. The maximum atomic E-state index is 9.77. The van der Waals surface area contributed by atoms with Crippen LogP contribution in [0.5, 0.6) is 0 Å². The molecule has 0 amide bonds. The summed E-state index contributed by atoms with van der Waals surface area (Å²) in [5.74, 6) is 0. The molecule has 0 N–H and O–H groups in total. The average Bonchev–Trinajstić information content (AvgIpc) is 3.47. The summed E-state index contributed by atoms with van der Waals surface area (Å²) < 4.78 is 75.2. The zero-order valence-corrected chi connectivity index (χ0v) is 27.7. The summed E-state index contributed by atoms with van der Waals surface area (Å²) in [5, 5.41) is 1.85. The minimum atomic E-state index is -0.451. The lowest BCUT2D eigenvalue weighted by Gasteiger charge is -2.28. The van der Waals surface area contributed by atoms with Crippen molar-refractivity contribution in [3.05, 3.63) is 199 Å². The molecule has 0 saturated heterocycles. The van der Waals surface area contributed by atoms with Crippen molar-refractivity contribution in [2.24, 2.45) is 0 Å². The predicted octanol–water partition coefficient (Wildman–Crippen LogP) is 13.6. The van der Waals surface area contributed by atoms with E-state index in [9.17, 15) is 8.22 Å². The first-order valence-electron chi connectivity index (χ1n) is 20.8. The Bertz CT molecular complexity index is 2930. The number of rotatable bonds is 6. The van der Waals surface area contributed by atoms with Gasteiger partial charge in [0, 0.05) is 22.5 Å². The van der Waals surface area contributed by atoms with Gasteiger partial charge in [0.1, 0.15) is 0 Å². The summed E-state index contributed by atoms with van der Waals surface area (Å²) in [5.41, 5.74) is 7.11. The zero-order valence-electron chi connectivity index (χ0n) is 35.7. The fraction of sp³-hybridized carbons (Fsp3) is 0.0612. The summed E-state index contributed by atoms with van der Waals surface area (Å²) in [6, 6.07) is 41.7. The van der Waals surface area contributed by atoms with Gasteiger partial charge in [-0.25, -0.2) is 0 Å². The minimum Gasteiger partial charge on any atom is -0.310 e. The molecule has 1 aliphatic rings. The minimum absolute atomic E-state index is 0.113. The molecular formula is C49H37N. The van der Waals surface area contributed by atoms with Crippen LogP contribution in [-0.2, 0) is 5.41 Å². The Morgan fingerprint density at radius 2 is 1.06 bits per heavy atom. The van der Waals surface area contributed by atoms with Crippen LogP contribution in [0, 0.1) is 0 Å². The van der Waals surface area contributed by atoms with E-state index >= 15 is 0 Å². The van der Waals surface area contributed by atoms with Gasteiger partial charge in [-0.05, 0) is 109 Å². The highest BCUT2D eigenvalue weighted by Crippen LogP contribution is 2.50. The first-order chi connectivity index (χ1) is 27.9. The lowest BCUT2D eigenvalue weighted by Crippen LogP contribution is -2.16. The first-order valence-corrected chi connectivity index (χ1v) is 16.8. The van der Waals surface area contributed by atoms with E-state index < -0.39 is 17.5 Å². The van der Waals surface area contributed by atoms with E-state index in [1.54, 1.807) is 18.2 Å². The highest BCUT2D eigenvalue weighted by Gasteiger charge is 2.35. The van der Waals surface area contributed by atoms with Gasteiger partial charge in [-0.15, -0.1) is 0 Å². The molecule has 0 fully saturated rings. The van der Waals surface area contributed by atoms with Gasteiger partial charge in [0.25, 0.3) is 0 Å². The van der Waals surface area contributed by atoms with Gasteiger partial charge in [-0.1, -0.05) is 159 Å². The molecule has 0 bridgehead atoms. The van der Waals surface area contributed by atoms with E-state index in [2.05, 4.69) is 26.0 Å². The number of nitrogens with zero attached hydrogens (tertiary/aromatic N) is 1. The van der Waals surface area contributed by atoms with Crippen molar-refractivity contribution in [2.45, 2.75) is 19.3 Å². The fourth-order valence-corrected chi connectivity index (χ4v) is 7.16. The molecule has 0 unspecified atom stereocenters. The molecule has 0 radical (unpaired) electrons. The highest BCUT2D eigenvalue weighted by atomic mass is 15.1. The van der Waals surface area contributed by atoms with Crippen molar-refractivity contribution in [3.63, 3.8) is 0 Å². The lowest BCUT2D eigenvalue weighted by atomic mass is 9.82. The summed E-state index contributed by atoms with van der Waals surface area (Å²) >= 11 is 0. The van der Waals surface area contributed by atoms with Gasteiger partial charge in [-0.3, -0.25) is 0 Å². The van der Waals surface area contributed by atoms with E-state index in [-0.39, 0.29) is 58.8 Å². The third-order valence-corrected chi connectivity index (χ3v) is 9.81. The van der Waals surface area contributed by atoms with Crippen molar-refractivity contribution in [2.75, 3.05) is 4.90 Å². The number of benzene rings is 8. The maximum Gasteiger partial charge on any atom is 0.0651 e. The second-order valence-electron chi connectivity index (χ2n) is 13.2. The lowest BCUT2D eigenvalue weighted by molar-refractivity contribution is 0.660. The van der Waals surface area contributed by atoms with Crippen LogP contribution in [0.4, 0.5) is 17.1 Å². The summed E-state index contributed by atoms with van der Waals surface area (Å²) in [7, 11) is 0. The largest absolute Gasteiger partial charge is 0.310 e. The Kier molecular flexibility index (Phi) is 5.41. The molecule has 8 aromatic rings. The molecule has 0 aliphatic heterocycles. The van der Waals surface area contributed by atoms with Crippen molar-refractivity contribution in [1.29, 1.82) is 0 Å². The maximum absolute atomic E-state index is 9.77. The van der Waals surface area contributed by atoms with Crippen molar-refractivity contribution in [3.8, 4) is 44.5 Å². The van der Waals surface area contributed by atoms with Crippen LogP contribution >= 0.6 is 0 Å². The zero-order chi connectivity index (χ0) is 40.6. The second kappa shape index (κ2) is 12.1. The first kappa shape index (κ1) is 22.5. The molecule has 0 spiro atoms. The van der Waals surface area contributed by atoms with E-state index in [0.29, 0.717) is 16.8 Å². The number of hydrogen-bond acceptors (Lipinski definition) is 1. The molecule has 9 rings (SSSR count). The fourth-order valence-electron chi connectivity index (χ4n) is 7.16. The highest BCUT2D eigenvalue weighted by molar-refractivity contribution is 5.90. The predicted molar refractivity (Wildman–Crippen MR) is 213 cm³/mol. The third kappa shape index (κ3) is 5.19. The Morgan fingerprint density at radius 1 is 0.420 bits per heavy atom. The van der Waals surface area contributed by atoms with Gasteiger partial charge in [0.05, 0.1) is 11.0 Å². The van der Waals surface area contributed by atoms with Gasteiger partial charge in [0.15, 0.2) is 0 Å². The molecule has 238 valence electrons. The SMILES string of the molecule is [2H]c1c([2H])c(-c2ccc3ccccc3c2)c([2H])c(N(c2ccc3c(c2)C(C)(C)c2ccccc2-3)c2c([2H])c([2H])c(-c3ccc(-c4ccccc4)cc3)c([2H])c2[2H])c1[2H]. The number of fused-ring (bicyclic) bond motifs is 4. The van der Waals surface area contributed by atoms with E-state index in [1.165, 1.54) is 4.90 Å². The van der Waals surface area contributed by atoms with E-state index in [0.717, 1.165) is 44.2 Å². The summed E-state index contributed by atoms with van der Waals surface area (Å²) in [6.45, 7) is 4.25. The van der Waals surface area contributed by atoms with E-state index in [4.69, 9.17) is 2.74 Å². The molecular weight excluding hydrogens is 603 g/mol. The van der Waals surface area contributed by atoms with E-state index in [1.807, 2.05) is 109 Å². The Morgan fingerprint density at radius 3 is 1.86 bits per heavy atom. The smallest absolute Gasteiger partial charge is 0.0651 e. The van der Waals surface area contributed by atoms with Gasteiger partial charge < -0.3 is 4.90 Å². The standard InChI is InChI=1S/C49H37N/c1-49(2)47-18-9-8-17-45(47)46-30-29-44(33-48(46)49)50(43-16-10-15-40(32-43)41-24-23-35-13-6-7-14-39(35)31-41)42-27-25-38(26-28-42)37-21-19-36(20-22-37)34-11-4-3-5-12-34/h3-33H,1-2H3/i10D,15D,16D,25D,26D,27D,28D,32D. The number of hydrogen-bond donors (Lipinski definition) is 0. The van der Waals surface area contributed by atoms with Gasteiger partial charge >= 0.3 is 0 Å². The molecule has 8 aromatic carbocycles. The molecule has 1 heteroatoms. The van der Waals surface area contributed by atoms with Gasteiger partial charge in [-0.2, -0.15) is 0 Å². The van der Waals surface area contributed by atoms with Crippen molar-refractivity contribution < 1.29 is 11.0 Å². The molecule has 1 aliphatic carbocycles. The monoisotopic (exact) mass is 647 g/mol. The van der Waals surface area contributed by atoms with Crippen molar-refractivity contribution in [1.82, 2.24) is 0 Å². The van der Waals surface area contributed by atoms with Crippen molar-refractivity contribution >= 4 is 27.8 Å². The van der Waals surface area contributed by atoms with Crippen LogP contribution in [0.25, 0.3) is 55.3 Å². The molecule has 0 heterocycles. The Balaban J connectivity index is 1.30. The van der Waals surface area contributed by atoms with Crippen LogP contribution in [0.3, 0.4) is 0 Å². The van der Waals surface area contributed by atoms with Crippen LogP contribution < -0.4 is 4.90 Å². The van der Waals surface area contributed by atoms with Crippen LogP contribution in [0.15, 0.2) is 188 Å². The summed E-state index contributed by atoms with van der Waals surface area (Å²) in [4.78, 5) is 1.44. The number of anilines is 3. The average molecular weight is 648 g/mol. The van der Waals surface area contributed by atoms with Gasteiger partial charge in [0.2, 0.25) is 0 Å². The quantitative estimate of drug-likeness (QED) is 0.174. The third-order valence-electron chi connectivity index (χ3n) is 9.81. The summed E-state index contributed by atoms with van der Waals surface area (Å²) in [6.07, 6.45) is 0. The molecule has 0 saturated carbocycles. The Hall–Kier alpha value is -6.18. The molecule has 50 heavy (non-hydrogen) atoms. The second-order valence-corrected chi connectivity index (χ2v) is 13.2. The van der Waals surface area contributed by atoms with Crippen LogP contribution in [0.2, 0.25) is 0 Å². The van der Waals surface area contributed by atoms with Crippen LogP contribution in [0.1, 0.15) is 35.9 Å². The topological polar surface area (TPSA) is 3.24 Å². The van der Waals surface area contributed by atoms with Crippen LogP contribution in [-0.4, -0.2) is 0 Å². The molecule has 0 atom stereocenters. The Labute approximate surface area is 306 Å².